The fourth-order valence-electron chi connectivity index (χ4n) is 1.61. The molecule has 0 aliphatic carbocycles. The molecule has 2 N–H and O–H groups in total. The number of rotatable bonds is 0. The first-order chi connectivity index (χ1) is 7.65. The van der Waals surface area contributed by atoms with Crippen LogP contribution in [0, 0.1) is 0 Å². The molecule has 1 aromatic carbocycles. The smallest absolute Gasteiger partial charge is 0.314 e. The zero-order valence-electron chi connectivity index (χ0n) is 7.83. The summed E-state index contributed by atoms with van der Waals surface area (Å²) in [5.74, 6) is 0. The Morgan fingerprint density at radius 3 is 2.69 bits per heavy atom. The van der Waals surface area contributed by atoms with Crippen molar-refractivity contribution in [2.45, 2.75) is 0 Å². The van der Waals surface area contributed by atoms with Gasteiger partial charge in [-0.1, -0.05) is 15.9 Å². The second-order valence-electron chi connectivity index (χ2n) is 3.35. The standard InChI is InChI=1S/C10H5BrN2O2S/c11-4-1-2-6-5(3-4)7-10(16-6)13-9(15)8(14)12-7/h1-3H,(H,12,14)(H,13,15). The minimum Gasteiger partial charge on any atom is -0.315 e. The third-order valence-corrected chi connectivity index (χ3v) is 3.90. The van der Waals surface area contributed by atoms with Gasteiger partial charge in [-0.3, -0.25) is 9.59 Å². The maximum absolute atomic E-state index is 11.3. The van der Waals surface area contributed by atoms with Crippen molar-refractivity contribution in [3.05, 3.63) is 43.4 Å². The molecular formula is C10H5BrN2O2S. The van der Waals surface area contributed by atoms with Crippen molar-refractivity contribution in [3.63, 3.8) is 0 Å². The van der Waals surface area contributed by atoms with E-state index in [-0.39, 0.29) is 0 Å². The van der Waals surface area contributed by atoms with Gasteiger partial charge in [0.1, 0.15) is 4.83 Å². The Morgan fingerprint density at radius 1 is 1.12 bits per heavy atom. The number of hydrogen-bond donors (Lipinski definition) is 2. The Labute approximate surface area is 101 Å². The van der Waals surface area contributed by atoms with Gasteiger partial charge in [-0.2, -0.15) is 0 Å². The summed E-state index contributed by atoms with van der Waals surface area (Å²) in [7, 11) is 0. The Bertz CT molecular complexity index is 815. The normalized spacial score (nSPS) is 11.3. The van der Waals surface area contributed by atoms with E-state index in [1.807, 2.05) is 18.2 Å². The Kier molecular flexibility index (Phi) is 2.02. The lowest BCUT2D eigenvalue weighted by molar-refractivity contribution is 1.16. The Morgan fingerprint density at radius 2 is 1.88 bits per heavy atom. The molecule has 6 heteroatoms. The van der Waals surface area contributed by atoms with Gasteiger partial charge in [-0.05, 0) is 18.2 Å². The van der Waals surface area contributed by atoms with Crippen LogP contribution in [0.25, 0.3) is 20.4 Å². The van der Waals surface area contributed by atoms with E-state index >= 15 is 0 Å². The molecule has 0 bridgehead atoms. The minimum atomic E-state index is -0.618. The monoisotopic (exact) mass is 296 g/mol. The van der Waals surface area contributed by atoms with Crippen molar-refractivity contribution in [2.24, 2.45) is 0 Å². The lowest BCUT2D eigenvalue weighted by Crippen LogP contribution is -2.28. The van der Waals surface area contributed by atoms with Crippen molar-refractivity contribution in [1.82, 2.24) is 9.97 Å². The molecular weight excluding hydrogens is 292 g/mol. The molecule has 16 heavy (non-hydrogen) atoms. The maximum Gasteiger partial charge on any atom is 0.314 e. The van der Waals surface area contributed by atoms with Crippen LogP contribution in [-0.2, 0) is 0 Å². The molecule has 0 unspecified atom stereocenters. The van der Waals surface area contributed by atoms with Crippen molar-refractivity contribution in [2.75, 3.05) is 0 Å². The van der Waals surface area contributed by atoms with Gasteiger partial charge in [0, 0.05) is 14.6 Å². The third kappa shape index (κ3) is 1.34. The van der Waals surface area contributed by atoms with E-state index in [1.165, 1.54) is 11.3 Å². The van der Waals surface area contributed by atoms with Gasteiger partial charge in [0.15, 0.2) is 0 Å². The molecule has 0 radical (unpaired) electrons. The van der Waals surface area contributed by atoms with Crippen LogP contribution in [0.4, 0.5) is 0 Å². The first kappa shape index (κ1) is 9.80. The Hall–Kier alpha value is -1.40. The SMILES string of the molecule is O=c1[nH]c2sc3ccc(Br)cc3c2[nH]c1=O. The number of H-pyrrole nitrogens is 2. The van der Waals surface area contributed by atoms with E-state index in [9.17, 15) is 9.59 Å². The number of aromatic amines is 2. The van der Waals surface area contributed by atoms with Crippen LogP contribution in [-0.4, -0.2) is 9.97 Å². The molecule has 0 amide bonds. The van der Waals surface area contributed by atoms with Gasteiger partial charge in [0.05, 0.1) is 5.52 Å². The largest absolute Gasteiger partial charge is 0.315 e. The quantitative estimate of drug-likeness (QED) is 0.625. The number of halogens is 1. The summed E-state index contributed by atoms with van der Waals surface area (Å²) >= 11 is 4.82. The lowest BCUT2D eigenvalue weighted by atomic mass is 10.2. The summed E-state index contributed by atoms with van der Waals surface area (Å²) < 4.78 is 1.96. The van der Waals surface area contributed by atoms with Gasteiger partial charge in [0.2, 0.25) is 0 Å². The van der Waals surface area contributed by atoms with E-state index < -0.39 is 11.1 Å². The number of hydrogen-bond acceptors (Lipinski definition) is 3. The number of fused-ring (bicyclic) bond motifs is 3. The van der Waals surface area contributed by atoms with Crippen LogP contribution in [0.5, 0.6) is 0 Å². The van der Waals surface area contributed by atoms with Crippen molar-refractivity contribution < 1.29 is 0 Å². The highest BCUT2D eigenvalue weighted by molar-refractivity contribution is 9.10. The highest BCUT2D eigenvalue weighted by atomic mass is 79.9. The summed E-state index contributed by atoms with van der Waals surface area (Å²) in [6.07, 6.45) is 0. The molecule has 0 spiro atoms. The van der Waals surface area contributed by atoms with Crippen LogP contribution >= 0.6 is 27.3 Å². The molecule has 0 aliphatic rings. The molecule has 2 heterocycles. The lowest BCUT2D eigenvalue weighted by Gasteiger charge is -1.91. The summed E-state index contributed by atoms with van der Waals surface area (Å²) in [6, 6.07) is 5.79. The fraction of sp³-hybridized carbons (Fsp3) is 0. The first-order valence-electron chi connectivity index (χ1n) is 4.49. The molecule has 3 aromatic rings. The van der Waals surface area contributed by atoms with Crippen LogP contribution < -0.4 is 11.1 Å². The average molecular weight is 297 g/mol. The molecule has 0 atom stereocenters. The van der Waals surface area contributed by atoms with Crippen molar-refractivity contribution >= 4 is 47.7 Å². The fourth-order valence-corrected chi connectivity index (χ4v) is 3.01. The van der Waals surface area contributed by atoms with Crippen molar-refractivity contribution in [1.29, 1.82) is 0 Å². The third-order valence-electron chi connectivity index (χ3n) is 2.32. The minimum absolute atomic E-state index is 0.613. The highest BCUT2D eigenvalue weighted by Crippen LogP contribution is 2.31. The van der Waals surface area contributed by atoms with Crippen LogP contribution in [0.2, 0.25) is 0 Å². The Balaban J connectivity index is 2.63. The van der Waals surface area contributed by atoms with Crippen LogP contribution in [0.15, 0.2) is 32.3 Å². The molecule has 80 valence electrons. The van der Waals surface area contributed by atoms with E-state index in [0.717, 1.165) is 14.6 Å². The van der Waals surface area contributed by atoms with Gasteiger partial charge >= 0.3 is 11.1 Å². The second-order valence-corrected chi connectivity index (χ2v) is 5.32. The number of thiophene rings is 1. The van der Waals surface area contributed by atoms with E-state index in [4.69, 9.17) is 0 Å². The summed E-state index contributed by atoms with van der Waals surface area (Å²) in [4.78, 5) is 28.3. The maximum atomic E-state index is 11.3. The number of benzene rings is 1. The van der Waals surface area contributed by atoms with E-state index in [0.29, 0.717) is 10.3 Å². The zero-order valence-corrected chi connectivity index (χ0v) is 10.2. The number of aromatic nitrogens is 2. The average Bonchev–Trinajstić information content (AvgIpc) is 2.57. The molecule has 0 saturated heterocycles. The first-order valence-corrected chi connectivity index (χ1v) is 6.10. The highest BCUT2D eigenvalue weighted by Gasteiger charge is 2.07. The molecule has 4 nitrogen and oxygen atoms in total. The van der Waals surface area contributed by atoms with E-state index in [2.05, 4.69) is 25.9 Å². The molecule has 3 rings (SSSR count). The predicted octanol–water partition coefficient (Wildman–Crippen LogP) is 2.19. The van der Waals surface area contributed by atoms with Crippen LogP contribution in [0.1, 0.15) is 0 Å². The van der Waals surface area contributed by atoms with Crippen LogP contribution in [0.3, 0.4) is 0 Å². The molecule has 0 fully saturated rings. The zero-order chi connectivity index (χ0) is 11.3. The molecule has 2 aromatic heterocycles. The van der Waals surface area contributed by atoms with Gasteiger partial charge in [0.25, 0.3) is 0 Å². The van der Waals surface area contributed by atoms with Crippen molar-refractivity contribution in [3.8, 4) is 0 Å². The predicted molar refractivity (Wildman–Crippen MR) is 68.3 cm³/mol. The van der Waals surface area contributed by atoms with Gasteiger partial charge < -0.3 is 9.97 Å². The summed E-state index contributed by atoms with van der Waals surface area (Å²) in [5.41, 5.74) is -0.545. The van der Waals surface area contributed by atoms with Gasteiger partial charge in [-0.25, -0.2) is 0 Å². The summed E-state index contributed by atoms with van der Waals surface area (Å²) in [5, 5.41) is 0.933. The second kappa shape index (κ2) is 3.29. The summed E-state index contributed by atoms with van der Waals surface area (Å²) in [6.45, 7) is 0. The van der Waals surface area contributed by atoms with E-state index in [1.54, 1.807) is 0 Å². The molecule has 0 saturated carbocycles. The van der Waals surface area contributed by atoms with Gasteiger partial charge in [-0.15, -0.1) is 11.3 Å². The topological polar surface area (TPSA) is 65.7 Å². The molecule has 0 aliphatic heterocycles. The number of nitrogens with one attached hydrogen (secondary N) is 2.